The molecular formula is C23H18BrN3O3. The Balaban J connectivity index is 1.51. The number of H-pyrrole nitrogens is 1. The molecule has 4 aromatic rings. The van der Waals surface area contributed by atoms with E-state index in [1.54, 1.807) is 6.07 Å². The number of fused-ring (bicyclic) bond motifs is 1. The lowest BCUT2D eigenvalue weighted by molar-refractivity contribution is -0.117. The van der Waals surface area contributed by atoms with Gasteiger partial charge < -0.3 is 10.3 Å². The van der Waals surface area contributed by atoms with Crippen LogP contribution in [0.1, 0.15) is 24.4 Å². The first kappa shape index (κ1) is 18.8. The Bertz CT molecular complexity index is 1430. The summed E-state index contributed by atoms with van der Waals surface area (Å²) in [5, 5.41) is 4.99. The summed E-state index contributed by atoms with van der Waals surface area (Å²) in [4.78, 5) is 40.5. The number of carbonyl (C=O) groups excluding carboxylic acids is 1. The molecule has 1 atom stereocenters. The number of carbonyl (C=O) groups is 1. The second-order valence-corrected chi connectivity index (χ2v) is 8.48. The van der Waals surface area contributed by atoms with E-state index >= 15 is 0 Å². The number of rotatable bonds is 3. The van der Waals surface area contributed by atoms with Gasteiger partial charge in [-0.3, -0.25) is 19.0 Å². The van der Waals surface area contributed by atoms with Crippen molar-refractivity contribution in [3.63, 3.8) is 0 Å². The number of amides is 1. The number of aromatic amines is 1. The van der Waals surface area contributed by atoms with Gasteiger partial charge in [-0.05, 0) is 42.0 Å². The third-order valence-corrected chi connectivity index (χ3v) is 6.11. The van der Waals surface area contributed by atoms with Gasteiger partial charge in [0, 0.05) is 28.0 Å². The van der Waals surface area contributed by atoms with Crippen LogP contribution < -0.4 is 16.4 Å². The Morgan fingerprint density at radius 1 is 1.13 bits per heavy atom. The predicted octanol–water partition coefficient (Wildman–Crippen LogP) is 4.12. The molecule has 0 spiro atoms. The van der Waals surface area contributed by atoms with Crippen molar-refractivity contribution in [3.05, 3.63) is 85.3 Å². The number of aryl methyl sites for hydroxylation is 1. The zero-order valence-electron chi connectivity index (χ0n) is 15.9. The molecule has 5 rings (SSSR count). The Hall–Kier alpha value is -3.19. The fourth-order valence-corrected chi connectivity index (χ4v) is 4.86. The molecule has 0 saturated heterocycles. The predicted molar refractivity (Wildman–Crippen MR) is 121 cm³/mol. The molecule has 1 unspecified atom stereocenters. The van der Waals surface area contributed by atoms with Crippen LogP contribution >= 0.6 is 15.9 Å². The van der Waals surface area contributed by atoms with Crippen LogP contribution in [-0.4, -0.2) is 15.5 Å². The highest BCUT2D eigenvalue weighted by Gasteiger charge is 2.26. The van der Waals surface area contributed by atoms with E-state index in [1.807, 2.05) is 48.5 Å². The Morgan fingerprint density at radius 2 is 1.93 bits per heavy atom. The normalized spacial score (nSPS) is 15.4. The van der Waals surface area contributed by atoms with Crippen molar-refractivity contribution in [2.45, 2.75) is 25.3 Å². The monoisotopic (exact) mass is 463 g/mol. The highest BCUT2D eigenvalue weighted by molar-refractivity contribution is 9.10. The summed E-state index contributed by atoms with van der Waals surface area (Å²) < 4.78 is 2.35. The second-order valence-electron chi connectivity index (χ2n) is 7.56. The molecule has 1 aliphatic heterocycles. The summed E-state index contributed by atoms with van der Waals surface area (Å²) >= 11 is 3.45. The van der Waals surface area contributed by atoms with Gasteiger partial charge in [-0.1, -0.05) is 52.3 Å². The molecule has 0 aliphatic carbocycles. The molecule has 0 saturated carbocycles. The molecule has 2 N–H and O–H groups in total. The van der Waals surface area contributed by atoms with Gasteiger partial charge in [-0.25, -0.2) is 0 Å². The molecule has 6 nitrogen and oxygen atoms in total. The fourth-order valence-electron chi connectivity index (χ4n) is 4.36. The summed E-state index contributed by atoms with van der Waals surface area (Å²) in [6.45, 7) is 0. The van der Waals surface area contributed by atoms with Crippen LogP contribution in [0.4, 0.5) is 5.69 Å². The molecule has 1 amide bonds. The first-order valence-electron chi connectivity index (χ1n) is 9.76. The zero-order chi connectivity index (χ0) is 20.8. The number of benzene rings is 3. The van der Waals surface area contributed by atoms with Crippen molar-refractivity contribution in [1.29, 1.82) is 0 Å². The number of halogens is 1. The van der Waals surface area contributed by atoms with E-state index in [9.17, 15) is 14.4 Å². The minimum atomic E-state index is -0.673. The average Bonchev–Trinajstić information content (AvgIpc) is 2.73. The summed E-state index contributed by atoms with van der Waals surface area (Å²) in [6.07, 6.45) is 1.47. The van der Waals surface area contributed by atoms with E-state index in [0.29, 0.717) is 17.5 Å². The van der Waals surface area contributed by atoms with E-state index < -0.39 is 11.1 Å². The van der Waals surface area contributed by atoms with Crippen molar-refractivity contribution in [3.8, 4) is 0 Å². The van der Waals surface area contributed by atoms with Gasteiger partial charge in [0.05, 0.1) is 11.0 Å². The first-order chi connectivity index (χ1) is 14.5. The summed E-state index contributed by atoms with van der Waals surface area (Å²) in [7, 11) is 0. The molecule has 2 heterocycles. The molecule has 1 aliphatic rings. The largest absolute Gasteiger partial charge is 0.325 e. The number of hydrogen-bond acceptors (Lipinski definition) is 3. The third kappa shape index (κ3) is 3.15. The number of aromatic nitrogens is 2. The number of hydrogen-bond donors (Lipinski definition) is 2. The SMILES string of the molecule is O=C(CC1CCc2cc(Br)cc3[nH]c(=O)c(=O)n1c23)Nc1cccc2ccccc12. The standard InChI is InChI=1S/C23H18BrN3O3/c24-15-10-14-8-9-16(27-21(14)19(11-15)26-22(29)23(27)30)12-20(28)25-18-7-3-5-13-4-1-2-6-17(13)18/h1-7,10-11,16H,8-9,12H2,(H,25,28)(H,26,29). The highest BCUT2D eigenvalue weighted by Crippen LogP contribution is 2.32. The zero-order valence-corrected chi connectivity index (χ0v) is 17.5. The van der Waals surface area contributed by atoms with Crippen LogP contribution in [0.5, 0.6) is 0 Å². The lowest BCUT2D eigenvalue weighted by Crippen LogP contribution is -2.41. The minimum Gasteiger partial charge on any atom is -0.325 e. The maximum Gasteiger partial charge on any atom is 0.317 e. The molecule has 0 bridgehead atoms. The molecule has 0 radical (unpaired) electrons. The number of anilines is 1. The van der Waals surface area contributed by atoms with Crippen LogP contribution in [-0.2, 0) is 11.2 Å². The lowest BCUT2D eigenvalue weighted by atomic mass is 9.96. The summed E-state index contributed by atoms with van der Waals surface area (Å²) in [5.41, 5.74) is 1.74. The molecule has 30 heavy (non-hydrogen) atoms. The molecule has 7 heteroatoms. The first-order valence-corrected chi connectivity index (χ1v) is 10.5. The van der Waals surface area contributed by atoms with Gasteiger partial charge in [0.1, 0.15) is 0 Å². The van der Waals surface area contributed by atoms with Gasteiger partial charge in [0.25, 0.3) is 0 Å². The van der Waals surface area contributed by atoms with Gasteiger partial charge >= 0.3 is 11.1 Å². The molecule has 0 fully saturated rings. The van der Waals surface area contributed by atoms with Gasteiger partial charge in [-0.15, -0.1) is 0 Å². The van der Waals surface area contributed by atoms with Crippen LogP contribution in [0.25, 0.3) is 21.8 Å². The smallest absolute Gasteiger partial charge is 0.317 e. The van der Waals surface area contributed by atoms with Crippen molar-refractivity contribution in [2.75, 3.05) is 5.32 Å². The van der Waals surface area contributed by atoms with E-state index in [0.717, 1.165) is 32.9 Å². The van der Waals surface area contributed by atoms with Gasteiger partial charge in [-0.2, -0.15) is 0 Å². The number of nitrogens with one attached hydrogen (secondary N) is 2. The van der Waals surface area contributed by atoms with Crippen molar-refractivity contribution >= 4 is 49.3 Å². The van der Waals surface area contributed by atoms with Crippen molar-refractivity contribution in [2.24, 2.45) is 0 Å². The topological polar surface area (TPSA) is 84.0 Å². The number of nitrogens with zero attached hydrogens (tertiary/aromatic N) is 1. The van der Waals surface area contributed by atoms with Gasteiger partial charge in [0.2, 0.25) is 5.91 Å². The van der Waals surface area contributed by atoms with Crippen LogP contribution in [0.15, 0.2) is 68.7 Å². The lowest BCUT2D eigenvalue weighted by Gasteiger charge is -2.27. The quantitative estimate of drug-likeness (QED) is 0.448. The van der Waals surface area contributed by atoms with Crippen molar-refractivity contribution < 1.29 is 4.79 Å². The van der Waals surface area contributed by atoms with E-state index in [1.165, 1.54) is 4.57 Å². The summed E-state index contributed by atoms with van der Waals surface area (Å²) in [6, 6.07) is 17.0. The second kappa shape index (κ2) is 7.25. The molecule has 1 aromatic heterocycles. The Labute approximate surface area is 179 Å². The van der Waals surface area contributed by atoms with Crippen molar-refractivity contribution in [1.82, 2.24) is 9.55 Å². The van der Waals surface area contributed by atoms with Crippen LogP contribution in [0.3, 0.4) is 0 Å². The van der Waals surface area contributed by atoms with E-state index in [2.05, 4.69) is 26.2 Å². The average molecular weight is 464 g/mol. The maximum absolute atomic E-state index is 12.9. The molecule has 150 valence electrons. The Morgan fingerprint density at radius 3 is 2.80 bits per heavy atom. The van der Waals surface area contributed by atoms with Crippen LogP contribution in [0, 0.1) is 0 Å². The summed E-state index contributed by atoms with van der Waals surface area (Å²) in [5.74, 6) is -0.183. The fraction of sp³-hybridized carbons (Fsp3) is 0.174. The highest BCUT2D eigenvalue weighted by atomic mass is 79.9. The van der Waals surface area contributed by atoms with Gasteiger partial charge in [0.15, 0.2) is 0 Å². The third-order valence-electron chi connectivity index (χ3n) is 5.65. The maximum atomic E-state index is 12.9. The minimum absolute atomic E-state index is 0.122. The van der Waals surface area contributed by atoms with Crippen LogP contribution in [0.2, 0.25) is 0 Å². The molecular weight excluding hydrogens is 446 g/mol. The van der Waals surface area contributed by atoms with E-state index in [4.69, 9.17) is 0 Å². The Kier molecular flexibility index (Phi) is 4.55. The van der Waals surface area contributed by atoms with E-state index in [-0.39, 0.29) is 18.4 Å². The molecule has 3 aromatic carbocycles.